The SMILES string of the molecule is CNC(Cc1cccs1)C1(C)CCCO1. The van der Waals surface area contributed by atoms with Gasteiger partial charge in [-0.05, 0) is 44.7 Å². The summed E-state index contributed by atoms with van der Waals surface area (Å²) in [6.07, 6.45) is 3.44. The third-order valence-electron chi connectivity index (χ3n) is 3.32. The first-order valence-electron chi connectivity index (χ1n) is 5.58. The highest BCUT2D eigenvalue weighted by atomic mass is 32.1. The van der Waals surface area contributed by atoms with E-state index in [2.05, 4.69) is 29.8 Å². The third kappa shape index (κ3) is 2.41. The molecule has 3 heteroatoms. The van der Waals surface area contributed by atoms with Gasteiger partial charge in [-0.2, -0.15) is 0 Å². The fourth-order valence-electron chi connectivity index (χ4n) is 2.33. The van der Waals surface area contributed by atoms with Crippen LogP contribution in [0.15, 0.2) is 17.5 Å². The van der Waals surface area contributed by atoms with E-state index in [0.717, 1.165) is 13.0 Å². The fourth-order valence-corrected chi connectivity index (χ4v) is 3.08. The average molecular weight is 225 g/mol. The molecule has 2 atom stereocenters. The number of hydrogen-bond acceptors (Lipinski definition) is 3. The molecule has 1 aromatic rings. The number of thiophene rings is 1. The minimum absolute atomic E-state index is 0.0265. The lowest BCUT2D eigenvalue weighted by molar-refractivity contribution is -0.00923. The predicted octanol–water partition coefficient (Wildman–Crippen LogP) is 2.45. The van der Waals surface area contributed by atoms with Crippen molar-refractivity contribution in [3.63, 3.8) is 0 Å². The minimum atomic E-state index is 0.0265. The van der Waals surface area contributed by atoms with Crippen molar-refractivity contribution in [2.24, 2.45) is 0 Å². The second kappa shape index (κ2) is 4.64. The number of nitrogens with one attached hydrogen (secondary N) is 1. The van der Waals surface area contributed by atoms with Gasteiger partial charge >= 0.3 is 0 Å². The molecule has 1 aromatic heterocycles. The molecule has 1 saturated heterocycles. The van der Waals surface area contributed by atoms with Gasteiger partial charge in [0.2, 0.25) is 0 Å². The van der Waals surface area contributed by atoms with Gasteiger partial charge < -0.3 is 10.1 Å². The van der Waals surface area contributed by atoms with Gasteiger partial charge in [-0.3, -0.25) is 0 Å². The number of hydrogen-bond donors (Lipinski definition) is 1. The summed E-state index contributed by atoms with van der Waals surface area (Å²) < 4.78 is 5.88. The van der Waals surface area contributed by atoms with Gasteiger partial charge in [-0.1, -0.05) is 6.07 Å². The van der Waals surface area contributed by atoms with Gasteiger partial charge in [0.15, 0.2) is 0 Å². The Hall–Kier alpha value is -0.380. The molecule has 1 fully saturated rings. The van der Waals surface area contributed by atoms with Crippen LogP contribution < -0.4 is 5.32 Å². The Balaban J connectivity index is 2.03. The van der Waals surface area contributed by atoms with E-state index >= 15 is 0 Å². The summed E-state index contributed by atoms with van der Waals surface area (Å²) in [6, 6.07) is 4.75. The van der Waals surface area contributed by atoms with Crippen molar-refractivity contribution < 1.29 is 4.74 Å². The molecule has 1 N–H and O–H groups in total. The molecule has 1 aliphatic rings. The van der Waals surface area contributed by atoms with Crippen molar-refractivity contribution in [3.05, 3.63) is 22.4 Å². The Morgan fingerprint density at radius 3 is 3.07 bits per heavy atom. The summed E-state index contributed by atoms with van der Waals surface area (Å²) in [5, 5.41) is 5.54. The maximum Gasteiger partial charge on any atom is 0.0811 e. The molecule has 0 aromatic carbocycles. The maximum atomic E-state index is 5.88. The standard InChI is InChI=1S/C12H19NOS/c1-12(6-4-7-14-12)11(13-2)9-10-5-3-8-15-10/h3,5,8,11,13H,4,6-7,9H2,1-2H3. The van der Waals surface area contributed by atoms with Crippen molar-refractivity contribution in [1.29, 1.82) is 0 Å². The molecule has 0 amide bonds. The highest BCUT2D eigenvalue weighted by Gasteiger charge is 2.37. The lowest BCUT2D eigenvalue weighted by Crippen LogP contribution is -2.48. The van der Waals surface area contributed by atoms with Crippen LogP contribution in [-0.2, 0) is 11.2 Å². The Labute approximate surface area is 95.6 Å². The first-order chi connectivity index (χ1) is 7.24. The number of rotatable bonds is 4. The van der Waals surface area contributed by atoms with Crippen LogP contribution in [-0.4, -0.2) is 25.3 Å². The van der Waals surface area contributed by atoms with E-state index in [1.807, 2.05) is 18.4 Å². The average Bonchev–Trinajstić information content (AvgIpc) is 2.85. The fraction of sp³-hybridized carbons (Fsp3) is 0.667. The van der Waals surface area contributed by atoms with Crippen molar-refractivity contribution in [1.82, 2.24) is 5.32 Å². The summed E-state index contributed by atoms with van der Waals surface area (Å²) in [4.78, 5) is 1.44. The van der Waals surface area contributed by atoms with Gasteiger partial charge in [-0.25, -0.2) is 0 Å². The van der Waals surface area contributed by atoms with Crippen molar-refractivity contribution in [2.45, 2.75) is 37.8 Å². The molecule has 0 bridgehead atoms. The van der Waals surface area contributed by atoms with Crippen LogP contribution in [0.2, 0.25) is 0 Å². The molecule has 15 heavy (non-hydrogen) atoms. The van der Waals surface area contributed by atoms with Gasteiger partial charge in [-0.15, -0.1) is 11.3 Å². The normalized spacial score (nSPS) is 28.1. The molecule has 2 unspecified atom stereocenters. The van der Waals surface area contributed by atoms with E-state index in [9.17, 15) is 0 Å². The Morgan fingerprint density at radius 1 is 1.67 bits per heavy atom. The zero-order valence-corrected chi connectivity index (χ0v) is 10.3. The van der Waals surface area contributed by atoms with Gasteiger partial charge in [0, 0.05) is 17.5 Å². The highest BCUT2D eigenvalue weighted by Crippen LogP contribution is 2.30. The topological polar surface area (TPSA) is 21.3 Å². The molecule has 84 valence electrons. The van der Waals surface area contributed by atoms with Crippen molar-refractivity contribution >= 4 is 11.3 Å². The Bertz CT molecular complexity index is 291. The molecule has 2 heterocycles. The quantitative estimate of drug-likeness (QED) is 0.850. The third-order valence-corrected chi connectivity index (χ3v) is 4.22. The van der Waals surface area contributed by atoms with E-state index in [4.69, 9.17) is 4.74 Å². The van der Waals surface area contributed by atoms with E-state index in [1.54, 1.807) is 0 Å². The van der Waals surface area contributed by atoms with Gasteiger partial charge in [0.1, 0.15) is 0 Å². The van der Waals surface area contributed by atoms with E-state index in [-0.39, 0.29) is 5.60 Å². The minimum Gasteiger partial charge on any atom is -0.374 e. The summed E-state index contributed by atoms with van der Waals surface area (Å²) in [5.74, 6) is 0. The zero-order valence-electron chi connectivity index (χ0n) is 9.45. The molecule has 0 aliphatic carbocycles. The molecule has 2 nitrogen and oxygen atoms in total. The van der Waals surface area contributed by atoms with Crippen molar-refractivity contribution in [2.75, 3.05) is 13.7 Å². The first kappa shape index (κ1) is 11.1. The second-order valence-corrected chi connectivity index (χ2v) is 5.42. The number of likely N-dealkylation sites (N-methyl/N-ethyl adjacent to an activating group) is 1. The zero-order chi connectivity index (χ0) is 10.7. The monoisotopic (exact) mass is 225 g/mol. The second-order valence-electron chi connectivity index (χ2n) is 4.39. The van der Waals surface area contributed by atoms with E-state index < -0.39 is 0 Å². The van der Waals surface area contributed by atoms with Crippen LogP contribution in [0.25, 0.3) is 0 Å². The molecule has 2 rings (SSSR count). The smallest absolute Gasteiger partial charge is 0.0811 e. The summed E-state index contributed by atoms with van der Waals surface area (Å²) >= 11 is 1.83. The lowest BCUT2D eigenvalue weighted by atomic mass is 9.90. The number of ether oxygens (including phenoxy) is 1. The Kier molecular flexibility index (Phi) is 3.44. The summed E-state index contributed by atoms with van der Waals surface area (Å²) in [6.45, 7) is 3.15. The van der Waals surface area contributed by atoms with Gasteiger partial charge in [0.05, 0.1) is 5.60 Å². The van der Waals surface area contributed by atoms with E-state index in [0.29, 0.717) is 6.04 Å². The van der Waals surface area contributed by atoms with Crippen LogP contribution in [0.5, 0.6) is 0 Å². The molecule has 0 spiro atoms. The Morgan fingerprint density at radius 2 is 2.53 bits per heavy atom. The van der Waals surface area contributed by atoms with Gasteiger partial charge in [0.25, 0.3) is 0 Å². The van der Waals surface area contributed by atoms with Crippen LogP contribution in [0.1, 0.15) is 24.6 Å². The predicted molar refractivity (Wildman–Crippen MR) is 64.5 cm³/mol. The maximum absolute atomic E-state index is 5.88. The molecular formula is C12H19NOS. The lowest BCUT2D eigenvalue weighted by Gasteiger charge is -2.33. The van der Waals surface area contributed by atoms with Crippen molar-refractivity contribution in [3.8, 4) is 0 Å². The molecule has 1 aliphatic heterocycles. The summed E-state index contributed by atoms with van der Waals surface area (Å²) in [5.41, 5.74) is 0.0265. The molecule has 0 saturated carbocycles. The van der Waals surface area contributed by atoms with Crippen LogP contribution in [0, 0.1) is 0 Å². The van der Waals surface area contributed by atoms with E-state index in [1.165, 1.54) is 17.7 Å². The van der Waals surface area contributed by atoms with Crippen LogP contribution >= 0.6 is 11.3 Å². The first-order valence-corrected chi connectivity index (χ1v) is 6.46. The van der Waals surface area contributed by atoms with Crippen LogP contribution in [0.4, 0.5) is 0 Å². The van der Waals surface area contributed by atoms with Crippen LogP contribution in [0.3, 0.4) is 0 Å². The molecular weight excluding hydrogens is 206 g/mol. The highest BCUT2D eigenvalue weighted by molar-refractivity contribution is 7.09. The largest absolute Gasteiger partial charge is 0.374 e. The summed E-state index contributed by atoms with van der Waals surface area (Å²) in [7, 11) is 2.03. The molecule has 0 radical (unpaired) electrons.